The van der Waals surface area contributed by atoms with E-state index in [0.717, 1.165) is 0 Å². The maximum absolute atomic E-state index is 13.0. The van der Waals surface area contributed by atoms with Crippen molar-refractivity contribution in [3.63, 3.8) is 0 Å². The summed E-state index contributed by atoms with van der Waals surface area (Å²) in [5.41, 5.74) is 0.848. The second-order valence-corrected chi connectivity index (χ2v) is 5.57. The van der Waals surface area contributed by atoms with Crippen LogP contribution in [0.3, 0.4) is 0 Å². The molecule has 1 rings (SSSR count). The monoisotopic (exact) mass is 416 g/mol. The Hall–Kier alpha value is -1.71. The number of rotatable bonds is 9. The van der Waals surface area contributed by atoms with E-state index < -0.39 is 24.3 Å². The summed E-state index contributed by atoms with van der Waals surface area (Å²) in [5.74, 6) is -0.860. The minimum absolute atomic E-state index is 0.0223. The van der Waals surface area contributed by atoms with E-state index in [-0.39, 0.29) is 41.3 Å². The summed E-state index contributed by atoms with van der Waals surface area (Å²) in [4.78, 5) is 11.3. The number of esters is 1. The van der Waals surface area contributed by atoms with Gasteiger partial charge < -0.3 is 14.2 Å². The Morgan fingerprint density at radius 2 is 1.92 bits per heavy atom. The predicted molar refractivity (Wildman–Crippen MR) is 92.2 cm³/mol. The molecule has 0 unspecified atom stereocenters. The molecule has 1 aromatic rings. The zero-order valence-corrected chi connectivity index (χ0v) is 15.5. The highest BCUT2D eigenvalue weighted by Crippen LogP contribution is 2.34. The maximum atomic E-state index is 13.0. The van der Waals surface area contributed by atoms with Gasteiger partial charge in [-0.05, 0) is 13.0 Å². The van der Waals surface area contributed by atoms with Crippen molar-refractivity contribution in [1.29, 1.82) is 0 Å². The van der Waals surface area contributed by atoms with Gasteiger partial charge in [0.25, 0.3) is 0 Å². The smallest absolute Gasteiger partial charge is 0.431 e. The van der Waals surface area contributed by atoms with Gasteiger partial charge in [-0.2, -0.15) is 18.3 Å². The van der Waals surface area contributed by atoms with Crippen LogP contribution in [0, 0.1) is 0 Å². The van der Waals surface area contributed by atoms with Gasteiger partial charge in [0.1, 0.15) is 12.4 Å². The van der Waals surface area contributed by atoms with Crippen LogP contribution < -0.4 is 10.2 Å². The Morgan fingerprint density at radius 3 is 2.50 bits per heavy atom. The molecule has 0 saturated carbocycles. The van der Waals surface area contributed by atoms with E-state index in [1.165, 1.54) is 26.2 Å². The molecule has 0 saturated heterocycles. The van der Waals surface area contributed by atoms with Crippen LogP contribution in [-0.2, 0) is 14.3 Å². The lowest BCUT2D eigenvalue weighted by atomic mass is 10.2. The number of halogens is 5. The quantitative estimate of drug-likeness (QED) is 0.281. The average Bonchev–Trinajstić information content (AvgIpc) is 2.54. The van der Waals surface area contributed by atoms with Crippen molar-refractivity contribution >= 4 is 40.6 Å². The fourth-order valence-electron chi connectivity index (χ4n) is 1.64. The third kappa shape index (κ3) is 7.27. The molecular formula is C15H17Cl2F3N2O4. The molecule has 0 aliphatic rings. The number of carbonyl (C=O) groups is 1. The molecule has 1 N–H and O–H groups in total. The number of hydrogen-bond acceptors (Lipinski definition) is 6. The van der Waals surface area contributed by atoms with E-state index >= 15 is 0 Å². The Kier molecular flexibility index (Phi) is 8.97. The maximum Gasteiger partial charge on any atom is 0.431 e. The SMILES string of the molecule is CCOC(=O)C/C(=N\Nc1cc(OCCOC)c(Cl)cc1Cl)C(F)(F)F. The van der Waals surface area contributed by atoms with Crippen molar-refractivity contribution in [3.05, 3.63) is 22.2 Å². The molecule has 146 valence electrons. The number of ether oxygens (including phenoxy) is 3. The van der Waals surface area contributed by atoms with Gasteiger partial charge in [0.15, 0.2) is 5.71 Å². The first-order chi connectivity index (χ1) is 12.2. The number of alkyl halides is 3. The lowest BCUT2D eigenvalue weighted by molar-refractivity contribution is -0.142. The van der Waals surface area contributed by atoms with E-state index in [9.17, 15) is 18.0 Å². The summed E-state index contributed by atoms with van der Waals surface area (Å²) < 4.78 is 53.7. The van der Waals surface area contributed by atoms with E-state index in [2.05, 4.69) is 15.3 Å². The topological polar surface area (TPSA) is 69.2 Å². The Morgan fingerprint density at radius 1 is 1.23 bits per heavy atom. The molecule has 0 aliphatic carbocycles. The fraction of sp³-hybridized carbons (Fsp3) is 0.467. The van der Waals surface area contributed by atoms with Gasteiger partial charge in [0.05, 0.1) is 35.4 Å². The third-order valence-corrected chi connectivity index (χ3v) is 3.43. The highest BCUT2D eigenvalue weighted by atomic mass is 35.5. The molecule has 6 nitrogen and oxygen atoms in total. The van der Waals surface area contributed by atoms with Crippen LogP contribution in [0.4, 0.5) is 18.9 Å². The third-order valence-electron chi connectivity index (χ3n) is 2.82. The molecule has 0 amide bonds. The molecule has 0 atom stereocenters. The lowest BCUT2D eigenvalue weighted by Crippen LogP contribution is -2.27. The first-order valence-corrected chi connectivity index (χ1v) is 8.10. The summed E-state index contributed by atoms with van der Waals surface area (Å²) >= 11 is 11.9. The second-order valence-electron chi connectivity index (χ2n) is 4.75. The minimum Gasteiger partial charge on any atom is -0.490 e. The van der Waals surface area contributed by atoms with Crippen molar-refractivity contribution in [1.82, 2.24) is 0 Å². The molecule has 0 radical (unpaired) electrons. The van der Waals surface area contributed by atoms with Crippen LogP contribution in [0.5, 0.6) is 5.75 Å². The number of hydrazone groups is 1. The van der Waals surface area contributed by atoms with E-state index in [1.807, 2.05) is 0 Å². The largest absolute Gasteiger partial charge is 0.490 e. The summed E-state index contributed by atoms with van der Waals surface area (Å²) in [5, 5.41) is 3.44. The number of nitrogens with one attached hydrogen (secondary N) is 1. The molecule has 0 aliphatic heterocycles. The average molecular weight is 417 g/mol. The van der Waals surface area contributed by atoms with Crippen molar-refractivity contribution < 1.29 is 32.2 Å². The molecule has 0 heterocycles. The highest BCUT2D eigenvalue weighted by Gasteiger charge is 2.37. The number of nitrogens with zero attached hydrogens (tertiary/aromatic N) is 1. The molecule has 0 bridgehead atoms. The van der Waals surface area contributed by atoms with Gasteiger partial charge >= 0.3 is 12.1 Å². The minimum atomic E-state index is -4.82. The first kappa shape index (κ1) is 22.3. The Labute approximate surface area is 158 Å². The number of hydrogen-bond donors (Lipinski definition) is 1. The molecule has 0 aromatic heterocycles. The number of carbonyl (C=O) groups excluding carboxylic acids is 1. The summed E-state index contributed by atoms with van der Waals surface area (Å²) in [7, 11) is 1.48. The van der Waals surface area contributed by atoms with Crippen molar-refractivity contribution in [2.45, 2.75) is 19.5 Å². The fourth-order valence-corrected chi connectivity index (χ4v) is 2.12. The number of benzene rings is 1. The summed E-state index contributed by atoms with van der Waals surface area (Å²) in [6, 6.07) is 2.59. The van der Waals surface area contributed by atoms with Gasteiger partial charge in [-0.3, -0.25) is 10.2 Å². The van der Waals surface area contributed by atoms with Crippen LogP contribution in [0.15, 0.2) is 17.2 Å². The molecule has 26 heavy (non-hydrogen) atoms. The van der Waals surface area contributed by atoms with Crippen LogP contribution in [0.2, 0.25) is 10.0 Å². The van der Waals surface area contributed by atoms with Gasteiger partial charge in [0, 0.05) is 13.2 Å². The molecule has 0 fully saturated rings. The van der Waals surface area contributed by atoms with Gasteiger partial charge in [0.2, 0.25) is 0 Å². The van der Waals surface area contributed by atoms with Gasteiger partial charge in [-0.1, -0.05) is 23.2 Å². The van der Waals surface area contributed by atoms with E-state index in [4.69, 9.17) is 32.7 Å². The number of anilines is 1. The summed E-state index contributed by atoms with van der Waals surface area (Å²) in [6.07, 6.45) is -5.86. The van der Waals surface area contributed by atoms with Crippen molar-refractivity contribution in [2.24, 2.45) is 5.10 Å². The second kappa shape index (κ2) is 10.4. The summed E-state index contributed by atoms with van der Waals surface area (Å²) in [6.45, 7) is 1.91. The van der Waals surface area contributed by atoms with Crippen LogP contribution in [0.25, 0.3) is 0 Å². The Bertz CT molecular complexity index is 655. The molecule has 0 spiro atoms. The highest BCUT2D eigenvalue weighted by molar-refractivity contribution is 6.37. The normalized spacial score (nSPS) is 12.0. The van der Waals surface area contributed by atoms with Crippen molar-refractivity contribution in [3.8, 4) is 5.75 Å². The van der Waals surface area contributed by atoms with E-state index in [1.54, 1.807) is 0 Å². The predicted octanol–water partition coefficient (Wildman–Crippen LogP) is 4.30. The van der Waals surface area contributed by atoms with Crippen molar-refractivity contribution in [2.75, 3.05) is 32.4 Å². The van der Waals surface area contributed by atoms with E-state index in [0.29, 0.717) is 0 Å². The first-order valence-electron chi connectivity index (χ1n) is 7.35. The standard InChI is InChI=1S/C15H17Cl2F3N2O4/c1-3-25-14(23)8-13(15(18,19)20)22-21-11-7-12(26-5-4-24-2)10(17)6-9(11)16/h6-7,21H,3-5,8H2,1-2H3/b22-13+. The lowest BCUT2D eigenvalue weighted by Gasteiger charge is -2.13. The number of methoxy groups -OCH3 is 1. The van der Waals surface area contributed by atoms with Gasteiger partial charge in [-0.25, -0.2) is 0 Å². The zero-order valence-electron chi connectivity index (χ0n) is 14.0. The molecular weight excluding hydrogens is 400 g/mol. The van der Waals surface area contributed by atoms with Crippen LogP contribution >= 0.6 is 23.2 Å². The van der Waals surface area contributed by atoms with Gasteiger partial charge in [-0.15, -0.1) is 0 Å². The zero-order chi connectivity index (χ0) is 19.7. The van der Waals surface area contributed by atoms with Crippen LogP contribution in [-0.4, -0.2) is 44.8 Å². The molecule has 11 heteroatoms. The Balaban J connectivity index is 3.00. The molecule has 1 aromatic carbocycles. The van der Waals surface area contributed by atoms with Crippen LogP contribution in [0.1, 0.15) is 13.3 Å².